The van der Waals surface area contributed by atoms with Gasteiger partial charge < -0.3 is 15.2 Å². The van der Waals surface area contributed by atoms with Gasteiger partial charge in [-0.1, -0.05) is 12.1 Å². The van der Waals surface area contributed by atoms with Gasteiger partial charge in [-0.25, -0.2) is 9.67 Å². The first kappa shape index (κ1) is 17.5. The topological polar surface area (TPSA) is 92.3 Å². The van der Waals surface area contributed by atoms with Crippen molar-refractivity contribution < 1.29 is 14.3 Å². The van der Waals surface area contributed by atoms with Crippen molar-refractivity contribution in [1.29, 1.82) is 0 Å². The van der Waals surface area contributed by atoms with E-state index in [1.54, 1.807) is 24.2 Å². The van der Waals surface area contributed by atoms with E-state index in [4.69, 9.17) is 15.2 Å². The molecular formula is C19H20N4O3. The Hall–Kier alpha value is -3.35. The van der Waals surface area contributed by atoms with Crippen molar-refractivity contribution in [1.82, 2.24) is 14.8 Å². The number of aryl methyl sites for hydroxylation is 1. The van der Waals surface area contributed by atoms with E-state index in [1.165, 1.54) is 0 Å². The second-order valence-electron chi connectivity index (χ2n) is 5.71. The van der Waals surface area contributed by atoms with Crippen molar-refractivity contribution in [2.24, 2.45) is 5.73 Å². The van der Waals surface area contributed by atoms with Crippen molar-refractivity contribution in [2.45, 2.75) is 19.4 Å². The number of carbonyl (C=O) groups excluding carboxylic acids is 1. The molecule has 0 unspecified atom stereocenters. The van der Waals surface area contributed by atoms with E-state index >= 15 is 0 Å². The molecule has 0 bridgehead atoms. The zero-order valence-corrected chi connectivity index (χ0v) is 14.5. The van der Waals surface area contributed by atoms with Crippen molar-refractivity contribution in [3.63, 3.8) is 0 Å². The van der Waals surface area contributed by atoms with Crippen molar-refractivity contribution in [3.05, 3.63) is 66.1 Å². The minimum absolute atomic E-state index is 0.280. The van der Waals surface area contributed by atoms with Crippen LogP contribution in [0.1, 0.15) is 17.7 Å². The Morgan fingerprint density at radius 2 is 1.88 bits per heavy atom. The molecule has 3 aromatic rings. The van der Waals surface area contributed by atoms with Gasteiger partial charge >= 0.3 is 0 Å². The lowest BCUT2D eigenvalue weighted by atomic mass is 10.2. The molecule has 3 rings (SSSR count). The van der Waals surface area contributed by atoms with Crippen LogP contribution in [-0.4, -0.2) is 27.8 Å². The maximum Gasteiger partial charge on any atom is 0.217 e. The lowest BCUT2D eigenvalue weighted by Gasteiger charge is -2.07. The van der Waals surface area contributed by atoms with E-state index in [0.717, 1.165) is 17.0 Å². The van der Waals surface area contributed by atoms with Gasteiger partial charge in [0.15, 0.2) is 5.82 Å². The highest BCUT2D eigenvalue weighted by atomic mass is 16.5. The Morgan fingerprint density at radius 3 is 2.54 bits per heavy atom. The van der Waals surface area contributed by atoms with Crippen LogP contribution < -0.4 is 15.2 Å². The first-order chi connectivity index (χ1) is 12.6. The first-order valence-corrected chi connectivity index (χ1v) is 8.19. The van der Waals surface area contributed by atoms with Crippen molar-refractivity contribution in [3.8, 4) is 17.3 Å². The van der Waals surface area contributed by atoms with Crippen LogP contribution in [-0.2, 0) is 17.8 Å². The summed E-state index contributed by atoms with van der Waals surface area (Å²) in [5, 5.41) is 4.39. The van der Waals surface area contributed by atoms with Gasteiger partial charge in [-0.3, -0.25) is 4.79 Å². The van der Waals surface area contributed by atoms with Crippen LogP contribution in [0.5, 0.6) is 11.5 Å². The summed E-state index contributed by atoms with van der Waals surface area (Å²) in [6.07, 6.45) is 4.26. The van der Waals surface area contributed by atoms with Gasteiger partial charge in [-0.15, -0.1) is 0 Å². The average molecular weight is 352 g/mol. The molecule has 26 heavy (non-hydrogen) atoms. The second-order valence-corrected chi connectivity index (χ2v) is 5.71. The number of ether oxygens (including phenoxy) is 2. The Labute approximate surface area is 151 Å². The molecule has 7 heteroatoms. The summed E-state index contributed by atoms with van der Waals surface area (Å²) in [6, 6.07) is 13.2. The molecular weight excluding hydrogens is 332 g/mol. The van der Waals surface area contributed by atoms with E-state index in [2.05, 4.69) is 10.1 Å². The molecule has 0 saturated carbocycles. The van der Waals surface area contributed by atoms with E-state index in [0.29, 0.717) is 24.6 Å². The van der Waals surface area contributed by atoms with Crippen LogP contribution in [0.4, 0.5) is 0 Å². The third-order valence-corrected chi connectivity index (χ3v) is 3.79. The fraction of sp³-hybridized carbons (Fsp3) is 0.211. The number of primary amides is 1. The maximum absolute atomic E-state index is 10.8. The van der Waals surface area contributed by atoms with Gasteiger partial charge in [-0.2, -0.15) is 5.10 Å². The van der Waals surface area contributed by atoms with E-state index in [9.17, 15) is 4.79 Å². The average Bonchev–Trinajstić information content (AvgIpc) is 3.14. The van der Waals surface area contributed by atoms with Gasteiger partial charge in [0.05, 0.1) is 19.0 Å². The third kappa shape index (κ3) is 4.60. The summed E-state index contributed by atoms with van der Waals surface area (Å²) >= 11 is 0. The molecule has 2 heterocycles. The van der Waals surface area contributed by atoms with Crippen LogP contribution in [0.15, 0.2) is 54.9 Å². The zero-order chi connectivity index (χ0) is 18.4. The number of hydrogen-bond acceptors (Lipinski definition) is 5. The summed E-state index contributed by atoms with van der Waals surface area (Å²) in [5.41, 5.74) is 6.99. The third-order valence-electron chi connectivity index (χ3n) is 3.79. The smallest absolute Gasteiger partial charge is 0.217 e. The number of methoxy groups -OCH3 is 1. The molecule has 2 N–H and O–H groups in total. The van der Waals surface area contributed by atoms with E-state index < -0.39 is 0 Å². The standard InChI is InChI=1S/C19H20N4O3/c1-25-16-5-2-14(3-6-16)13-26-17-7-9-19(21-12-17)23-11-10-15(22-23)4-8-18(20)24/h2-3,5-7,9-12H,4,8,13H2,1H3,(H2,20,24). The molecule has 0 atom stereocenters. The number of nitrogens with two attached hydrogens (primary N) is 1. The number of hydrogen-bond donors (Lipinski definition) is 1. The van der Waals surface area contributed by atoms with Crippen molar-refractivity contribution in [2.75, 3.05) is 7.11 Å². The number of rotatable bonds is 8. The van der Waals surface area contributed by atoms with Gasteiger partial charge in [0.2, 0.25) is 5.91 Å². The highest BCUT2D eigenvalue weighted by molar-refractivity contribution is 5.73. The minimum Gasteiger partial charge on any atom is -0.497 e. The number of amides is 1. The molecule has 0 spiro atoms. The molecule has 1 aromatic carbocycles. The molecule has 0 aliphatic carbocycles. The predicted molar refractivity (Wildman–Crippen MR) is 96.2 cm³/mol. The maximum atomic E-state index is 10.8. The molecule has 0 aliphatic rings. The highest BCUT2D eigenvalue weighted by Gasteiger charge is 2.05. The Morgan fingerprint density at radius 1 is 1.12 bits per heavy atom. The molecule has 0 fully saturated rings. The van der Waals surface area contributed by atoms with E-state index in [1.807, 2.05) is 42.5 Å². The normalized spacial score (nSPS) is 10.5. The molecule has 2 aromatic heterocycles. The lowest BCUT2D eigenvalue weighted by Crippen LogP contribution is -2.11. The molecule has 0 radical (unpaired) electrons. The van der Waals surface area contributed by atoms with Crippen LogP contribution in [0.2, 0.25) is 0 Å². The zero-order valence-electron chi connectivity index (χ0n) is 14.5. The quantitative estimate of drug-likeness (QED) is 0.671. The molecule has 0 saturated heterocycles. The summed E-state index contributed by atoms with van der Waals surface area (Å²) < 4.78 is 12.5. The second kappa shape index (κ2) is 8.15. The van der Waals surface area contributed by atoms with Gasteiger partial charge in [0, 0.05) is 19.0 Å². The number of carbonyl (C=O) groups is 1. The van der Waals surface area contributed by atoms with Crippen LogP contribution in [0.3, 0.4) is 0 Å². The van der Waals surface area contributed by atoms with Gasteiger partial charge in [0.25, 0.3) is 0 Å². The first-order valence-electron chi connectivity index (χ1n) is 8.19. The summed E-state index contributed by atoms with van der Waals surface area (Å²) in [7, 11) is 1.64. The molecule has 7 nitrogen and oxygen atoms in total. The Balaban J connectivity index is 1.58. The predicted octanol–water partition coefficient (Wildman–Crippen LogP) is 2.27. The molecule has 1 amide bonds. The fourth-order valence-electron chi connectivity index (χ4n) is 2.36. The van der Waals surface area contributed by atoms with Crippen LogP contribution in [0, 0.1) is 0 Å². The number of pyridine rings is 1. The number of benzene rings is 1. The Kier molecular flexibility index (Phi) is 5.48. The molecule has 0 aliphatic heterocycles. The van der Waals surface area contributed by atoms with E-state index in [-0.39, 0.29) is 12.3 Å². The van der Waals surface area contributed by atoms with Crippen LogP contribution >= 0.6 is 0 Å². The minimum atomic E-state index is -0.337. The lowest BCUT2D eigenvalue weighted by molar-refractivity contribution is -0.118. The van der Waals surface area contributed by atoms with Crippen molar-refractivity contribution >= 4 is 5.91 Å². The highest BCUT2D eigenvalue weighted by Crippen LogP contribution is 2.16. The monoisotopic (exact) mass is 352 g/mol. The summed E-state index contributed by atoms with van der Waals surface area (Å²) in [6.45, 7) is 0.448. The van der Waals surface area contributed by atoms with Crippen LogP contribution in [0.25, 0.3) is 5.82 Å². The number of aromatic nitrogens is 3. The molecule has 134 valence electrons. The summed E-state index contributed by atoms with van der Waals surface area (Å²) in [4.78, 5) is 15.2. The van der Waals surface area contributed by atoms with Gasteiger partial charge in [0.1, 0.15) is 18.1 Å². The fourth-order valence-corrected chi connectivity index (χ4v) is 2.36. The largest absolute Gasteiger partial charge is 0.497 e. The number of nitrogens with zero attached hydrogens (tertiary/aromatic N) is 3. The van der Waals surface area contributed by atoms with Gasteiger partial charge in [-0.05, 0) is 35.9 Å². The SMILES string of the molecule is COc1ccc(COc2ccc(-n3ccc(CCC(N)=O)n3)nc2)cc1. The Bertz CT molecular complexity index is 857. The summed E-state index contributed by atoms with van der Waals surface area (Å²) in [5.74, 6) is 1.82.